The summed E-state index contributed by atoms with van der Waals surface area (Å²) in [5.74, 6) is 1.72. The van der Waals surface area contributed by atoms with Crippen LogP contribution in [0.15, 0.2) is 59.0 Å². The quantitative estimate of drug-likeness (QED) is 0.641. The van der Waals surface area contributed by atoms with Crippen molar-refractivity contribution in [1.29, 1.82) is 0 Å². The molecule has 1 unspecified atom stereocenters. The summed E-state index contributed by atoms with van der Waals surface area (Å²) in [6, 6.07) is 3.94. The van der Waals surface area contributed by atoms with E-state index >= 15 is 0 Å². The van der Waals surface area contributed by atoms with Crippen LogP contribution in [0.25, 0.3) is 11.8 Å². The lowest BCUT2D eigenvalue weighted by Crippen LogP contribution is -2.52. The molecule has 3 aliphatic rings. The molecule has 1 N–H and O–H groups in total. The Morgan fingerprint density at radius 1 is 1.20 bits per heavy atom. The lowest BCUT2D eigenvalue weighted by molar-refractivity contribution is -0.133. The number of allylic oxidation sites excluding steroid dienone is 6. The van der Waals surface area contributed by atoms with Crippen molar-refractivity contribution >= 4 is 41.0 Å². The molecule has 5 rings (SSSR count). The van der Waals surface area contributed by atoms with E-state index in [2.05, 4.69) is 50.9 Å². The van der Waals surface area contributed by atoms with Crippen molar-refractivity contribution < 1.29 is 4.79 Å². The molecule has 35 heavy (non-hydrogen) atoms. The summed E-state index contributed by atoms with van der Waals surface area (Å²) in [5, 5.41) is 5.64. The van der Waals surface area contributed by atoms with E-state index in [1.54, 1.807) is 6.21 Å². The number of amides is 1. The monoisotopic (exact) mass is 488 g/mol. The second-order valence-electron chi connectivity index (χ2n) is 8.96. The highest BCUT2D eigenvalue weighted by molar-refractivity contribution is 7.09. The van der Waals surface area contributed by atoms with Gasteiger partial charge in [0.25, 0.3) is 0 Å². The van der Waals surface area contributed by atoms with Crippen LogP contribution in [0.1, 0.15) is 29.7 Å². The van der Waals surface area contributed by atoms with Gasteiger partial charge in [0.1, 0.15) is 17.6 Å². The number of carbonyl (C=O) groups excluding carboxylic acids is 1. The Hall–Kier alpha value is -3.23. The Labute approximate surface area is 210 Å². The lowest BCUT2D eigenvalue weighted by atomic mass is 10.1. The molecule has 1 saturated heterocycles. The largest absolute Gasteiger partial charge is 0.358 e. The van der Waals surface area contributed by atoms with E-state index in [0.717, 1.165) is 68.5 Å². The number of nitrogens with zero attached hydrogens (tertiary/aromatic N) is 5. The summed E-state index contributed by atoms with van der Waals surface area (Å²) in [5.41, 5.74) is 1.88. The van der Waals surface area contributed by atoms with Gasteiger partial charge in [-0.1, -0.05) is 36.4 Å². The number of hydrogen-bond donors (Lipinski definition) is 1. The Morgan fingerprint density at radius 3 is 2.91 bits per heavy atom. The lowest BCUT2D eigenvalue weighted by Gasteiger charge is -2.36. The minimum absolute atomic E-state index is 0.128. The number of aromatic nitrogens is 2. The number of piperazine rings is 1. The molecule has 2 aromatic rings. The molecule has 0 bridgehead atoms. The zero-order chi connectivity index (χ0) is 24.0. The van der Waals surface area contributed by atoms with Gasteiger partial charge in [-0.2, -0.15) is 0 Å². The Morgan fingerprint density at radius 2 is 2.09 bits per heavy atom. The summed E-state index contributed by atoms with van der Waals surface area (Å²) in [6.07, 6.45) is 18.1. The maximum Gasteiger partial charge on any atom is 0.244 e. The molecule has 0 spiro atoms. The van der Waals surface area contributed by atoms with E-state index in [9.17, 15) is 4.79 Å². The average molecular weight is 489 g/mol. The van der Waals surface area contributed by atoms with Gasteiger partial charge < -0.3 is 10.2 Å². The molecule has 2 aromatic heterocycles. The van der Waals surface area contributed by atoms with Gasteiger partial charge in [-0.25, -0.2) is 4.98 Å². The zero-order valence-corrected chi connectivity index (χ0v) is 21.0. The predicted molar refractivity (Wildman–Crippen MR) is 145 cm³/mol. The van der Waals surface area contributed by atoms with E-state index in [4.69, 9.17) is 4.98 Å². The second kappa shape index (κ2) is 11.0. The zero-order valence-electron chi connectivity index (χ0n) is 20.1. The van der Waals surface area contributed by atoms with E-state index in [1.165, 1.54) is 4.88 Å². The van der Waals surface area contributed by atoms with Crippen molar-refractivity contribution in [2.45, 2.75) is 25.8 Å². The molecule has 1 aliphatic carbocycles. The fraction of sp³-hybridized carbons (Fsp3) is 0.370. The van der Waals surface area contributed by atoms with Gasteiger partial charge in [0, 0.05) is 49.4 Å². The fourth-order valence-corrected chi connectivity index (χ4v) is 5.29. The first-order valence-corrected chi connectivity index (χ1v) is 13.2. The predicted octanol–water partition coefficient (Wildman–Crippen LogP) is 3.93. The first-order valence-electron chi connectivity index (χ1n) is 12.3. The van der Waals surface area contributed by atoms with Crippen molar-refractivity contribution in [3.8, 4) is 0 Å². The van der Waals surface area contributed by atoms with Crippen LogP contribution < -0.4 is 5.32 Å². The van der Waals surface area contributed by atoms with Crippen LogP contribution in [0.5, 0.6) is 0 Å². The van der Waals surface area contributed by atoms with Gasteiger partial charge in [-0.05, 0) is 37.3 Å². The summed E-state index contributed by atoms with van der Waals surface area (Å²) in [4.78, 5) is 28.5. The first kappa shape index (κ1) is 23.5. The highest BCUT2D eigenvalue weighted by Gasteiger charge is 2.27. The number of thiophene rings is 1. The normalized spacial score (nSPS) is 18.7. The molecular formula is C27H32N6OS. The Balaban J connectivity index is 1.26. The van der Waals surface area contributed by atoms with Gasteiger partial charge in [0.15, 0.2) is 5.82 Å². The minimum atomic E-state index is -0.366. The minimum Gasteiger partial charge on any atom is -0.358 e. The van der Waals surface area contributed by atoms with Crippen molar-refractivity contribution in [2.75, 3.05) is 44.6 Å². The van der Waals surface area contributed by atoms with Gasteiger partial charge in [0.05, 0.1) is 12.8 Å². The van der Waals surface area contributed by atoms with Crippen LogP contribution in [0.4, 0.5) is 5.82 Å². The molecule has 2 aliphatic heterocycles. The summed E-state index contributed by atoms with van der Waals surface area (Å²) in [6.45, 7) is 6.98. The van der Waals surface area contributed by atoms with Gasteiger partial charge in [0.2, 0.25) is 5.91 Å². The number of imidazole rings is 1. The molecule has 1 atom stereocenters. The number of rotatable bonds is 7. The van der Waals surface area contributed by atoms with Gasteiger partial charge in [-0.15, -0.1) is 11.3 Å². The molecule has 1 fully saturated rings. The summed E-state index contributed by atoms with van der Waals surface area (Å²) in [7, 11) is 0. The SMILES string of the molecule is CC(Nc1c(C2=CCC=CC=C2)nc2n1C=CCN=C2)C(=O)N1CCN(CCc2cccs2)CC1. The third-order valence-corrected chi connectivity index (χ3v) is 7.48. The highest BCUT2D eigenvalue weighted by Crippen LogP contribution is 2.29. The van der Waals surface area contributed by atoms with Crippen molar-refractivity contribution in [3.63, 3.8) is 0 Å². The standard InChI is InChI=1S/C27H32N6OS/c1-21(27(34)32-17-15-31(16-18-32)14-11-23-10-6-19-35-23)29-26-25(22-8-4-2-3-5-9-22)30-24-20-28-12-7-13-33(24)26/h2-4,6-10,13,19-21,29H,5,11-12,14-18H2,1H3. The maximum absolute atomic E-state index is 13.4. The molecule has 182 valence electrons. The van der Waals surface area contributed by atoms with Crippen molar-refractivity contribution in [2.24, 2.45) is 4.99 Å². The number of aliphatic imine (C=N–C) groups is 1. The summed E-state index contributed by atoms with van der Waals surface area (Å²) >= 11 is 1.81. The molecule has 8 heteroatoms. The maximum atomic E-state index is 13.4. The second-order valence-corrected chi connectivity index (χ2v) is 9.99. The highest BCUT2D eigenvalue weighted by atomic mass is 32.1. The molecule has 0 radical (unpaired) electrons. The van der Waals surface area contributed by atoms with E-state index < -0.39 is 0 Å². The van der Waals surface area contributed by atoms with Crippen LogP contribution >= 0.6 is 11.3 Å². The third kappa shape index (κ3) is 5.55. The molecule has 7 nitrogen and oxygen atoms in total. The fourth-order valence-electron chi connectivity index (χ4n) is 4.59. The smallest absolute Gasteiger partial charge is 0.244 e. The molecule has 0 saturated carbocycles. The van der Waals surface area contributed by atoms with Crippen LogP contribution in [-0.2, 0) is 11.2 Å². The average Bonchev–Trinajstić information content (AvgIpc) is 3.32. The van der Waals surface area contributed by atoms with Gasteiger partial charge >= 0.3 is 0 Å². The number of carbonyl (C=O) groups is 1. The molecular weight excluding hydrogens is 456 g/mol. The molecule has 4 heterocycles. The number of nitrogens with one attached hydrogen (secondary N) is 1. The van der Waals surface area contributed by atoms with E-state index in [0.29, 0.717) is 6.54 Å². The van der Waals surface area contributed by atoms with Crippen LogP contribution in [0, 0.1) is 0 Å². The van der Waals surface area contributed by atoms with Gasteiger partial charge in [-0.3, -0.25) is 19.3 Å². The van der Waals surface area contributed by atoms with E-state index in [-0.39, 0.29) is 11.9 Å². The van der Waals surface area contributed by atoms with Crippen LogP contribution in [-0.4, -0.2) is 76.8 Å². The Kier molecular flexibility index (Phi) is 7.39. The van der Waals surface area contributed by atoms with Crippen LogP contribution in [0.2, 0.25) is 0 Å². The first-order chi connectivity index (χ1) is 17.2. The topological polar surface area (TPSA) is 65.8 Å². The number of fused-ring (bicyclic) bond motifs is 1. The molecule has 0 aromatic carbocycles. The van der Waals surface area contributed by atoms with Crippen LogP contribution in [0.3, 0.4) is 0 Å². The number of anilines is 1. The third-order valence-electron chi connectivity index (χ3n) is 6.54. The van der Waals surface area contributed by atoms with E-state index in [1.807, 2.05) is 52.2 Å². The van der Waals surface area contributed by atoms with Crippen molar-refractivity contribution in [3.05, 3.63) is 70.4 Å². The molecule has 1 amide bonds. The van der Waals surface area contributed by atoms with Crippen molar-refractivity contribution in [1.82, 2.24) is 19.4 Å². The number of hydrogen-bond acceptors (Lipinski definition) is 6. The summed E-state index contributed by atoms with van der Waals surface area (Å²) < 4.78 is 2.01. The Bertz CT molecular complexity index is 1180.